The first-order valence-corrected chi connectivity index (χ1v) is 5.78. The molecule has 0 aliphatic carbocycles. The van der Waals surface area contributed by atoms with Gasteiger partial charge in [-0.2, -0.15) is 5.10 Å². The van der Waals surface area contributed by atoms with E-state index in [1.54, 1.807) is 0 Å². The van der Waals surface area contributed by atoms with Crippen molar-refractivity contribution in [2.45, 2.75) is 13.0 Å². The third kappa shape index (κ3) is 3.41. The van der Waals surface area contributed by atoms with Crippen LogP contribution in [-0.2, 0) is 11.3 Å². The fourth-order valence-corrected chi connectivity index (χ4v) is 1.53. The largest absolute Gasteiger partial charge is 0.375 e. The molecule has 2 N–H and O–H groups in total. The number of nitrogens with two attached hydrogens (primary N) is 1. The Kier molecular flexibility index (Phi) is 4.30. The molecule has 4 heteroatoms. The minimum absolute atomic E-state index is 0.542. The Morgan fingerprint density at radius 3 is 2.76 bits per heavy atom. The van der Waals surface area contributed by atoms with E-state index in [1.807, 2.05) is 47.3 Å². The van der Waals surface area contributed by atoms with Gasteiger partial charge in [-0.05, 0) is 31.2 Å². The van der Waals surface area contributed by atoms with E-state index in [9.17, 15) is 0 Å². The number of para-hydroxylation sites is 1. The van der Waals surface area contributed by atoms with Gasteiger partial charge in [0.25, 0.3) is 0 Å². The number of benzene rings is 1. The van der Waals surface area contributed by atoms with Gasteiger partial charge in [-0.25, -0.2) is 4.68 Å². The zero-order valence-corrected chi connectivity index (χ0v) is 9.75. The van der Waals surface area contributed by atoms with E-state index in [4.69, 9.17) is 10.5 Å². The molecule has 0 radical (unpaired) electrons. The van der Waals surface area contributed by atoms with Crippen LogP contribution in [0.2, 0.25) is 0 Å². The molecule has 0 bridgehead atoms. The van der Waals surface area contributed by atoms with Gasteiger partial charge in [0.15, 0.2) is 0 Å². The van der Waals surface area contributed by atoms with E-state index < -0.39 is 0 Å². The van der Waals surface area contributed by atoms with Crippen molar-refractivity contribution < 1.29 is 4.74 Å². The van der Waals surface area contributed by atoms with Crippen LogP contribution in [0.4, 0.5) is 0 Å². The van der Waals surface area contributed by atoms with Crippen LogP contribution in [0.15, 0.2) is 42.6 Å². The number of hydrogen-bond donors (Lipinski definition) is 1. The summed E-state index contributed by atoms with van der Waals surface area (Å²) >= 11 is 0. The molecule has 0 unspecified atom stereocenters. The minimum atomic E-state index is 0.542. The van der Waals surface area contributed by atoms with Crippen LogP contribution in [-0.4, -0.2) is 22.9 Å². The highest BCUT2D eigenvalue weighted by Crippen LogP contribution is 2.07. The summed E-state index contributed by atoms with van der Waals surface area (Å²) in [5.41, 5.74) is 7.38. The Hall–Kier alpha value is -1.65. The molecule has 4 nitrogen and oxygen atoms in total. The van der Waals surface area contributed by atoms with E-state index in [0.29, 0.717) is 19.8 Å². The first-order valence-electron chi connectivity index (χ1n) is 5.78. The van der Waals surface area contributed by atoms with Gasteiger partial charge in [-0.15, -0.1) is 0 Å². The van der Waals surface area contributed by atoms with Crippen LogP contribution < -0.4 is 5.73 Å². The lowest BCUT2D eigenvalue weighted by molar-refractivity contribution is 0.117. The summed E-state index contributed by atoms with van der Waals surface area (Å²) < 4.78 is 7.30. The summed E-state index contributed by atoms with van der Waals surface area (Å²) in [7, 11) is 0. The molecule has 2 rings (SSSR count). The van der Waals surface area contributed by atoms with Gasteiger partial charge in [0.05, 0.1) is 18.0 Å². The molecule has 0 aliphatic rings. The second-order valence-electron chi connectivity index (χ2n) is 3.78. The molecule has 17 heavy (non-hydrogen) atoms. The molecule has 0 saturated heterocycles. The minimum Gasteiger partial charge on any atom is -0.375 e. The second kappa shape index (κ2) is 6.18. The van der Waals surface area contributed by atoms with Crippen LogP contribution in [0.5, 0.6) is 0 Å². The Balaban J connectivity index is 1.92. The lowest BCUT2D eigenvalue weighted by atomic mass is 10.3. The topological polar surface area (TPSA) is 53.1 Å². The molecule has 0 amide bonds. The molecule has 1 aromatic carbocycles. The molecule has 90 valence electrons. The van der Waals surface area contributed by atoms with Crippen LogP contribution in [0, 0.1) is 0 Å². The lowest BCUT2D eigenvalue weighted by Crippen LogP contribution is -2.04. The molecule has 2 aromatic rings. The first kappa shape index (κ1) is 11.8. The Bertz CT molecular complexity index is 439. The van der Waals surface area contributed by atoms with Gasteiger partial charge in [0.2, 0.25) is 0 Å². The van der Waals surface area contributed by atoms with E-state index in [1.165, 1.54) is 0 Å². The third-order valence-electron chi connectivity index (χ3n) is 2.41. The van der Waals surface area contributed by atoms with E-state index >= 15 is 0 Å². The average Bonchev–Trinajstić information content (AvgIpc) is 2.85. The molecule has 1 heterocycles. The Labute approximate surface area is 101 Å². The highest BCUT2D eigenvalue weighted by atomic mass is 16.5. The summed E-state index contributed by atoms with van der Waals surface area (Å²) in [6.07, 6.45) is 2.83. The van der Waals surface area contributed by atoms with Crippen molar-refractivity contribution in [1.82, 2.24) is 9.78 Å². The summed E-state index contributed by atoms with van der Waals surface area (Å²) in [6, 6.07) is 12.0. The predicted octanol–water partition coefficient (Wildman–Crippen LogP) is 1.74. The van der Waals surface area contributed by atoms with E-state index in [0.717, 1.165) is 17.8 Å². The standard InChI is InChI=1S/C13H17N3O/c14-8-4-10-17-11-12-7-9-16(15-12)13-5-2-1-3-6-13/h1-3,5-7,9H,4,8,10-11,14H2. The molecule has 0 atom stereocenters. The maximum absolute atomic E-state index is 5.45. The van der Waals surface area contributed by atoms with Gasteiger partial charge in [-0.1, -0.05) is 18.2 Å². The SMILES string of the molecule is NCCCOCc1ccn(-c2ccccc2)n1. The van der Waals surface area contributed by atoms with Crippen molar-refractivity contribution in [2.75, 3.05) is 13.2 Å². The van der Waals surface area contributed by atoms with Gasteiger partial charge >= 0.3 is 0 Å². The maximum Gasteiger partial charge on any atom is 0.0906 e. The molecule has 0 fully saturated rings. The van der Waals surface area contributed by atoms with E-state index in [2.05, 4.69) is 5.10 Å². The second-order valence-corrected chi connectivity index (χ2v) is 3.78. The zero-order valence-electron chi connectivity index (χ0n) is 9.75. The van der Waals surface area contributed by atoms with Crippen LogP contribution in [0.25, 0.3) is 5.69 Å². The third-order valence-corrected chi connectivity index (χ3v) is 2.41. The predicted molar refractivity (Wildman–Crippen MR) is 66.9 cm³/mol. The van der Waals surface area contributed by atoms with Crippen molar-refractivity contribution >= 4 is 0 Å². The summed E-state index contributed by atoms with van der Waals surface area (Å²) in [4.78, 5) is 0. The van der Waals surface area contributed by atoms with Crippen LogP contribution in [0.3, 0.4) is 0 Å². The fourth-order valence-electron chi connectivity index (χ4n) is 1.53. The molecular formula is C13H17N3O. The van der Waals surface area contributed by atoms with Crippen molar-refractivity contribution in [1.29, 1.82) is 0 Å². The van der Waals surface area contributed by atoms with Crippen molar-refractivity contribution in [3.8, 4) is 5.69 Å². The molecule has 0 spiro atoms. The normalized spacial score (nSPS) is 10.6. The number of hydrogen-bond acceptors (Lipinski definition) is 3. The summed E-state index contributed by atoms with van der Waals surface area (Å²) in [5.74, 6) is 0. The number of aromatic nitrogens is 2. The van der Waals surface area contributed by atoms with E-state index in [-0.39, 0.29) is 0 Å². The fraction of sp³-hybridized carbons (Fsp3) is 0.308. The molecule has 0 aliphatic heterocycles. The highest BCUT2D eigenvalue weighted by Gasteiger charge is 2.00. The monoisotopic (exact) mass is 231 g/mol. The average molecular weight is 231 g/mol. The quantitative estimate of drug-likeness (QED) is 0.770. The van der Waals surface area contributed by atoms with Crippen molar-refractivity contribution in [3.05, 3.63) is 48.3 Å². The summed E-state index contributed by atoms with van der Waals surface area (Å²) in [5, 5.41) is 4.44. The highest BCUT2D eigenvalue weighted by molar-refractivity contribution is 5.30. The van der Waals surface area contributed by atoms with Gasteiger partial charge < -0.3 is 10.5 Å². The van der Waals surface area contributed by atoms with Gasteiger partial charge in [0.1, 0.15) is 0 Å². The lowest BCUT2D eigenvalue weighted by Gasteiger charge is -2.01. The summed E-state index contributed by atoms with van der Waals surface area (Å²) in [6.45, 7) is 1.90. The number of nitrogens with zero attached hydrogens (tertiary/aromatic N) is 2. The molecule has 0 saturated carbocycles. The Morgan fingerprint density at radius 1 is 1.18 bits per heavy atom. The zero-order chi connectivity index (χ0) is 11.9. The van der Waals surface area contributed by atoms with Crippen molar-refractivity contribution in [3.63, 3.8) is 0 Å². The van der Waals surface area contributed by atoms with Gasteiger partial charge in [-0.3, -0.25) is 0 Å². The Morgan fingerprint density at radius 2 is 2.00 bits per heavy atom. The number of rotatable bonds is 6. The molecular weight excluding hydrogens is 214 g/mol. The maximum atomic E-state index is 5.45. The smallest absolute Gasteiger partial charge is 0.0906 e. The molecule has 1 aromatic heterocycles. The van der Waals surface area contributed by atoms with Gasteiger partial charge in [0, 0.05) is 12.8 Å². The van der Waals surface area contributed by atoms with Crippen LogP contribution in [0.1, 0.15) is 12.1 Å². The van der Waals surface area contributed by atoms with Crippen molar-refractivity contribution in [2.24, 2.45) is 5.73 Å². The first-order chi connectivity index (χ1) is 8.40. The van der Waals surface area contributed by atoms with Crippen LogP contribution >= 0.6 is 0 Å². The number of ether oxygens (including phenoxy) is 1.